The Kier molecular flexibility index (Phi) is 3.17. The summed E-state index contributed by atoms with van der Waals surface area (Å²) in [6.45, 7) is 13.6. The van der Waals surface area contributed by atoms with Crippen LogP contribution in [0.15, 0.2) is 23.1 Å². The third-order valence-corrected chi connectivity index (χ3v) is 2.20. The van der Waals surface area contributed by atoms with E-state index in [2.05, 4.69) is 4.85 Å². The smallest absolute Gasteiger partial charge is 0.265 e. The third-order valence-electron chi connectivity index (χ3n) is 2.20. The molecule has 3 nitrogen and oxygen atoms in total. The first-order valence-corrected chi connectivity index (χ1v) is 4.84. The fourth-order valence-electron chi connectivity index (χ4n) is 1.33. The first kappa shape index (κ1) is 11.3. The van der Waals surface area contributed by atoms with Crippen molar-refractivity contribution in [1.82, 2.24) is 0 Å². The van der Waals surface area contributed by atoms with Crippen molar-refractivity contribution in [2.45, 2.75) is 27.2 Å². The van der Waals surface area contributed by atoms with Gasteiger partial charge in [0.2, 0.25) is 0 Å². The van der Waals surface area contributed by atoms with E-state index < -0.39 is 0 Å². The van der Waals surface area contributed by atoms with Crippen molar-refractivity contribution in [3.63, 3.8) is 0 Å². The predicted molar refractivity (Wildman–Crippen MR) is 57.3 cm³/mol. The van der Waals surface area contributed by atoms with Crippen LogP contribution in [0.25, 0.3) is 4.85 Å². The Hall–Kier alpha value is -1.74. The number of allylic oxidation sites excluding steroid dienone is 3. The number of nitriles is 1. The van der Waals surface area contributed by atoms with Crippen molar-refractivity contribution in [3.05, 3.63) is 34.5 Å². The Morgan fingerprint density at radius 1 is 1.60 bits per heavy atom. The summed E-state index contributed by atoms with van der Waals surface area (Å²) in [7, 11) is 0. The Morgan fingerprint density at radius 2 is 2.27 bits per heavy atom. The first-order chi connectivity index (χ1) is 6.99. The van der Waals surface area contributed by atoms with E-state index in [1.54, 1.807) is 0 Å². The van der Waals surface area contributed by atoms with Gasteiger partial charge in [-0.05, 0) is 18.1 Å². The second kappa shape index (κ2) is 4.19. The topological polar surface area (TPSA) is 37.4 Å². The molecule has 1 heterocycles. The molecule has 0 saturated carbocycles. The van der Waals surface area contributed by atoms with Crippen molar-refractivity contribution in [3.8, 4) is 6.07 Å². The molecule has 0 spiro atoms. The standard InChI is InChI=1S/C12H14N2O/c1-12(2,3)11-7-9(5-6-15-11)10(8-13)14-4/h7H,5-6H2,1-3H3/b10-9-. The minimum atomic E-state index is -0.0751. The minimum Gasteiger partial charge on any atom is -0.497 e. The van der Waals surface area contributed by atoms with Crippen LogP contribution < -0.4 is 0 Å². The molecule has 0 atom stereocenters. The van der Waals surface area contributed by atoms with E-state index in [-0.39, 0.29) is 11.1 Å². The van der Waals surface area contributed by atoms with Gasteiger partial charge in [0.25, 0.3) is 5.70 Å². The van der Waals surface area contributed by atoms with Crippen molar-refractivity contribution in [2.75, 3.05) is 6.61 Å². The number of nitrogens with zero attached hydrogens (tertiary/aromatic N) is 2. The molecule has 0 radical (unpaired) electrons. The van der Waals surface area contributed by atoms with Crippen LogP contribution in [0.3, 0.4) is 0 Å². The Bertz CT molecular complexity index is 381. The van der Waals surface area contributed by atoms with Crippen LogP contribution in [0.5, 0.6) is 0 Å². The molecule has 15 heavy (non-hydrogen) atoms. The second-order valence-electron chi connectivity index (χ2n) is 4.45. The van der Waals surface area contributed by atoms with Crippen molar-refractivity contribution in [1.29, 1.82) is 5.26 Å². The highest BCUT2D eigenvalue weighted by molar-refractivity contribution is 5.41. The molecular formula is C12H14N2O. The van der Waals surface area contributed by atoms with Crippen molar-refractivity contribution < 1.29 is 4.74 Å². The largest absolute Gasteiger partial charge is 0.497 e. The molecule has 0 amide bonds. The highest BCUT2D eigenvalue weighted by Gasteiger charge is 2.22. The zero-order chi connectivity index (χ0) is 11.5. The van der Waals surface area contributed by atoms with Crippen LogP contribution in [0.1, 0.15) is 27.2 Å². The highest BCUT2D eigenvalue weighted by atomic mass is 16.5. The molecular weight excluding hydrogens is 188 g/mol. The van der Waals surface area contributed by atoms with E-state index in [0.717, 1.165) is 11.3 Å². The van der Waals surface area contributed by atoms with E-state index in [1.807, 2.05) is 32.9 Å². The summed E-state index contributed by atoms with van der Waals surface area (Å²) in [5.74, 6) is 0.847. The van der Waals surface area contributed by atoms with Gasteiger partial charge >= 0.3 is 0 Å². The van der Waals surface area contributed by atoms with Crippen LogP contribution in [0, 0.1) is 23.3 Å². The fraction of sp³-hybridized carbons (Fsp3) is 0.500. The van der Waals surface area contributed by atoms with Gasteiger partial charge in [-0.3, -0.25) is 0 Å². The van der Waals surface area contributed by atoms with Crippen LogP contribution in [-0.2, 0) is 4.74 Å². The van der Waals surface area contributed by atoms with Gasteiger partial charge in [-0.2, -0.15) is 0 Å². The lowest BCUT2D eigenvalue weighted by molar-refractivity contribution is 0.146. The molecule has 78 valence electrons. The predicted octanol–water partition coefficient (Wildman–Crippen LogP) is 3.03. The Balaban J connectivity index is 3.14. The lowest BCUT2D eigenvalue weighted by atomic mass is 9.90. The summed E-state index contributed by atoms with van der Waals surface area (Å²) in [6, 6.07) is 1.92. The SMILES string of the molecule is [C-]#[N+]/C(C#N)=C1\C=C(C(C)(C)C)OCC1. The second-order valence-corrected chi connectivity index (χ2v) is 4.45. The monoisotopic (exact) mass is 202 g/mol. The van der Waals surface area contributed by atoms with Gasteiger partial charge in [-0.15, -0.1) is 0 Å². The molecule has 0 saturated heterocycles. The number of ether oxygens (including phenoxy) is 1. The molecule has 1 rings (SSSR count). The average molecular weight is 202 g/mol. The molecule has 0 bridgehead atoms. The molecule has 0 fully saturated rings. The summed E-state index contributed by atoms with van der Waals surface area (Å²) in [6.07, 6.45) is 2.48. The van der Waals surface area contributed by atoms with E-state index in [1.165, 1.54) is 0 Å². The molecule has 3 heteroatoms. The lowest BCUT2D eigenvalue weighted by Gasteiger charge is -2.27. The number of hydrogen-bond acceptors (Lipinski definition) is 2. The van der Waals surface area contributed by atoms with Crippen molar-refractivity contribution in [2.24, 2.45) is 5.41 Å². The van der Waals surface area contributed by atoms with Crippen LogP contribution in [0.2, 0.25) is 0 Å². The summed E-state index contributed by atoms with van der Waals surface area (Å²) < 4.78 is 5.53. The summed E-state index contributed by atoms with van der Waals surface area (Å²) >= 11 is 0. The average Bonchev–Trinajstić information content (AvgIpc) is 2.19. The summed E-state index contributed by atoms with van der Waals surface area (Å²) in [4.78, 5) is 3.22. The maximum absolute atomic E-state index is 8.78. The maximum Gasteiger partial charge on any atom is 0.265 e. The van der Waals surface area contributed by atoms with Gasteiger partial charge < -0.3 is 4.74 Å². The number of rotatable bonds is 0. The summed E-state index contributed by atoms with van der Waals surface area (Å²) in [5.41, 5.74) is 0.901. The van der Waals surface area contributed by atoms with Gasteiger partial charge in [-0.25, -0.2) is 10.1 Å². The van der Waals surface area contributed by atoms with Gasteiger partial charge in [0.15, 0.2) is 0 Å². The molecule has 0 aliphatic carbocycles. The zero-order valence-electron chi connectivity index (χ0n) is 9.29. The lowest BCUT2D eigenvalue weighted by Crippen LogP contribution is -2.17. The van der Waals surface area contributed by atoms with E-state index >= 15 is 0 Å². The molecule has 1 aliphatic rings. The maximum atomic E-state index is 8.78. The van der Waals surface area contributed by atoms with E-state index in [4.69, 9.17) is 16.6 Å². The van der Waals surface area contributed by atoms with Gasteiger partial charge in [0.05, 0.1) is 19.2 Å². The molecule has 0 aromatic heterocycles. The summed E-state index contributed by atoms with van der Waals surface area (Å²) in [5, 5.41) is 8.78. The fourth-order valence-corrected chi connectivity index (χ4v) is 1.33. The van der Waals surface area contributed by atoms with Crippen LogP contribution in [0.4, 0.5) is 0 Å². The first-order valence-electron chi connectivity index (χ1n) is 4.84. The van der Waals surface area contributed by atoms with E-state index in [9.17, 15) is 0 Å². The zero-order valence-corrected chi connectivity index (χ0v) is 9.29. The molecule has 1 aliphatic heterocycles. The van der Waals surface area contributed by atoms with Gasteiger partial charge in [-0.1, -0.05) is 20.8 Å². The van der Waals surface area contributed by atoms with Crippen molar-refractivity contribution >= 4 is 0 Å². The highest BCUT2D eigenvalue weighted by Crippen LogP contribution is 2.32. The normalized spacial score (nSPS) is 19.4. The molecule has 0 N–H and O–H groups in total. The Labute approximate surface area is 90.5 Å². The molecule has 0 unspecified atom stereocenters. The quantitative estimate of drug-likeness (QED) is 0.447. The Morgan fingerprint density at radius 3 is 2.73 bits per heavy atom. The number of hydrogen-bond donors (Lipinski definition) is 0. The van der Waals surface area contributed by atoms with E-state index in [0.29, 0.717) is 13.0 Å². The van der Waals surface area contributed by atoms with Gasteiger partial charge in [0, 0.05) is 5.41 Å². The van der Waals surface area contributed by atoms with Crippen LogP contribution >= 0.6 is 0 Å². The third kappa shape index (κ3) is 2.60. The van der Waals surface area contributed by atoms with Crippen LogP contribution in [-0.4, -0.2) is 6.61 Å². The van der Waals surface area contributed by atoms with Gasteiger partial charge in [0.1, 0.15) is 5.76 Å². The molecule has 0 aromatic carbocycles. The molecule has 0 aromatic rings. The minimum absolute atomic E-state index is 0.0751.